The largest absolute Gasteiger partial charge is 0.497 e. The molecule has 0 bridgehead atoms. The van der Waals surface area contributed by atoms with Crippen molar-refractivity contribution >= 4 is 5.71 Å². The van der Waals surface area contributed by atoms with Gasteiger partial charge in [0.1, 0.15) is 5.75 Å². The van der Waals surface area contributed by atoms with Crippen molar-refractivity contribution in [1.29, 1.82) is 0 Å². The Bertz CT molecular complexity index is 358. The van der Waals surface area contributed by atoms with E-state index in [0.29, 0.717) is 0 Å². The number of oxime groups is 1. The molecule has 2 rings (SSSR count). The van der Waals surface area contributed by atoms with E-state index in [-0.39, 0.29) is 0 Å². The van der Waals surface area contributed by atoms with Gasteiger partial charge in [0, 0.05) is 5.56 Å². The molecule has 0 aromatic heterocycles. The lowest BCUT2D eigenvalue weighted by atomic mass is 10.1. The SMILES string of the molecule is COc1ccc2c(c1)/C(=N\O)CC2. The van der Waals surface area contributed by atoms with E-state index >= 15 is 0 Å². The molecule has 0 saturated carbocycles. The summed E-state index contributed by atoms with van der Waals surface area (Å²) >= 11 is 0. The van der Waals surface area contributed by atoms with Crippen molar-refractivity contribution in [2.24, 2.45) is 5.16 Å². The molecule has 1 aromatic rings. The number of ether oxygens (including phenoxy) is 1. The zero-order valence-corrected chi connectivity index (χ0v) is 7.45. The van der Waals surface area contributed by atoms with Gasteiger partial charge in [-0.05, 0) is 30.5 Å². The number of hydrogen-bond acceptors (Lipinski definition) is 3. The van der Waals surface area contributed by atoms with Crippen LogP contribution in [-0.2, 0) is 6.42 Å². The van der Waals surface area contributed by atoms with Crippen molar-refractivity contribution in [2.45, 2.75) is 12.8 Å². The zero-order chi connectivity index (χ0) is 9.26. The number of nitrogens with zero attached hydrogens (tertiary/aromatic N) is 1. The summed E-state index contributed by atoms with van der Waals surface area (Å²) < 4.78 is 5.10. The summed E-state index contributed by atoms with van der Waals surface area (Å²) in [5.74, 6) is 0.807. The second-order valence-electron chi connectivity index (χ2n) is 3.07. The molecule has 3 heteroatoms. The van der Waals surface area contributed by atoms with Gasteiger partial charge >= 0.3 is 0 Å². The first-order valence-electron chi connectivity index (χ1n) is 4.23. The number of methoxy groups -OCH3 is 1. The third-order valence-corrected chi connectivity index (χ3v) is 2.38. The smallest absolute Gasteiger partial charge is 0.119 e. The number of benzene rings is 1. The molecule has 0 atom stereocenters. The second kappa shape index (κ2) is 3.09. The Kier molecular flexibility index (Phi) is 1.93. The summed E-state index contributed by atoms with van der Waals surface area (Å²) in [7, 11) is 1.63. The Balaban J connectivity index is 2.49. The van der Waals surface area contributed by atoms with Gasteiger partial charge in [0.05, 0.1) is 12.8 Å². The minimum atomic E-state index is 0.758. The van der Waals surface area contributed by atoms with Gasteiger partial charge in [-0.1, -0.05) is 11.2 Å². The zero-order valence-electron chi connectivity index (χ0n) is 7.45. The predicted octanol–water partition coefficient (Wildman–Crippen LogP) is 1.82. The molecule has 0 fully saturated rings. The molecule has 0 saturated heterocycles. The summed E-state index contributed by atoms with van der Waals surface area (Å²) in [6.07, 6.45) is 1.78. The maximum atomic E-state index is 8.72. The molecule has 1 aromatic carbocycles. The Morgan fingerprint density at radius 2 is 2.23 bits per heavy atom. The fourth-order valence-corrected chi connectivity index (χ4v) is 1.66. The number of fused-ring (bicyclic) bond motifs is 1. The third-order valence-electron chi connectivity index (χ3n) is 2.38. The Morgan fingerprint density at radius 1 is 1.38 bits per heavy atom. The van der Waals surface area contributed by atoms with Gasteiger partial charge < -0.3 is 9.94 Å². The van der Waals surface area contributed by atoms with Crippen LogP contribution in [0.25, 0.3) is 0 Å². The number of hydrogen-bond donors (Lipinski definition) is 1. The van der Waals surface area contributed by atoms with E-state index in [2.05, 4.69) is 5.16 Å². The molecule has 0 heterocycles. The van der Waals surface area contributed by atoms with E-state index in [0.717, 1.165) is 29.9 Å². The van der Waals surface area contributed by atoms with E-state index in [1.165, 1.54) is 5.56 Å². The standard InChI is InChI=1S/C10H11NO2/c1-13-8-4-2-7-3-5-10(11-12)9(7)6-8/h2,4,6,12H,3,5H2,1H3/b11-10-. The lowest BCUT2D eigenvalue weighted by Gasteiger charge is -2.02. The van der Waals surface area contributed by atoms with Crippen molar-refractivity contribution in [2.75, 3.05) is 7.11 Å². The Morgan fingerprint density at radius 3 is 2.92 bits per heavy atom. The topological polar surface area (TPSA) is 41.8 Å². The maximum Gasteiger partial charge on any atom is 0.119 e. The lowest BCUT2D eigenvalue weighted by molar-refractivity contribution is 0.318. The summed E-state index contributed by atoms with van der Waals surface area (Å²) in [6, 6.07) is 5.86. The molecule has 0 amide bonds. The van der Waals surface area contributed by atoms with Crippen molar-refractivity contribution in [3.8, 4) is 5.75 Å². The minimum absolute atomic E-state index is 0.758. The first-order chi connectivity index (χ1) is 6.35. The highest BCUT2D eigenvalue weighted by Gasteiger charge is 2.18. The summed E-state index contributed by atoms with van der Waals surface area (Å²) in [6.45, 7) is 0. The van der Waals surface area contributed by atoms with E-state index in [4.69, 9.17) is 9.94 Å². The summed E-state index contributed by atoms with van der Waals surface area (Å²) in [5.41, 5.74) is 3.00. The van der Waals surface area contributed by atoms with Gasteiger partial charge in [-0.15, -0.1) is 0 Å². The highest BCUT2D eigenvalue weighted by atomic mass is 16.5. The number of aryl methyl sites for hydroxylation is 1. The van der Waals surface area contributed by atoms with Gasteiger partial charge in [-0.3, -0.25) is 0 Å². The van der Waals surface area contributed by atoms with Crippen LogP contribution in [0.3, 0.4) is 0 Å². The van der Waals surface area contributed by atoms with Crippen LogP contribution in [-0.4, -0.2) is 18.0 Å². The van der Waals surface area contributed by atoms with Crippen LogP contribution in [0.1, 0.15) is 17.5 Å². The lowest BCUT2D eigenvalue weighted by Crippen LogP contribution is -1.94. The third kappa shape index (κ3) is 1.26. The van der Waals surface area contributed by atoms with Crippen molar-refractivity contribution < 1.29 is 9.94 Å². The average molecular weight is 177 g/mol. The molecule has 1 aliphatic rings. The summed E-state index contributed by atoms with van der Waals surface area (Å²) in [5, 5.41) is 12.0. The molecular weight excluding hydrogens is 166 g/mol. The minimum Gasteiger partial charge on any atom is -0.497 e. The maximum absolute atomic E-state index is 8.72. The van der Waals surface area contributed by atoms with Crippen LogP contribution < -0.4 is 4.74 Å². The van der Waals surface area contributed by atoms with Crippen LogP contribution >= 0.6 is 0 Å². The molecule has 0 spiro atoms. The van der Waals surface area contributed by atoms with Crippen molar-refractivity contribution in [1.82, 2.24) is 0 Å². The Hall–Kier alpha value is -1.51. The van der Waals surface area contributed by atoms with Gasteiger partial charge in [-0.2, -0.15) is 0 Å². The molecule has 1 N–H and O–H groups in total. The molecular formula is C10H11NO2. The van der Waals surface area contributed by atoms with Crippen LogP contribution in [0.15, 0.2) is 23.4 Å². The van der Waals surface area contributed by atoms with E-state index in [9.17, 15) is 0 Å². The van der Waals surface area contributed by atoms with E-state index in [1.54, 1.807) is 7.11 Å². The highest BCUT2D eigenvalue weighted by Crippen LogP contribution is 2.26. The van der Waals surface area contributed by atoms with Gasteiger partial charge in [-0.25, -0.2) is 0 Å². The molecule has 1 aliphatic carbocycles. The van der Waals surface area contributed by atoms with Gasteiger partial charge in [0.25, 0.3) is 0 Å². The van der Waals surface area contributed by atoms with Crippen LogP contribution in [0.5, 0.6) is 5.75 Å². The van der Waals surface area contributed by atoms with Crippen LogP contribution in [0.2, 0.25) is 0 Å². The molecule has 3 nitrogen and oxygen atoms in total. The van der Waals surface area contributed by atoms with Crippen molar-refractivity contribution in [3.05, 3.63) is 29.3 Å². The van der Waals surface area contributed by atoms with E-state index in [1.807, 2.05) is 18.2 Å². The van der Waals surface area contributed by atoms with Crippen molar-refractivity contribution in [3.63, 3.8) is 0 Å². The molecule has 68 valence electrons. The highest BCUT2D eigenvalue weighted by molar-refractivity contribution is 6.04. The normalized spacial score (nSPS) is 17.5. The monoisotopic (exact) mass is 177 g/mol. The number of rotatable bonds is 1. The van der Waals surface area contributed by atoms with Gasteiger partial charge in [0.15, 0.2) is 0 Å². The van der Waals surface area contributed by atoms with Crippen LogP contribution in [0, 0.1) is 0 Å². The predicted molar refractivity (Wildman–Crippen MR) is 49.6 cm³/mol. The quantitative estimate of drug-likeness (QED) is 0.525. The second-order valence-corrected chi connectivity index (χ2v) is 3.07. The first kappa shape index (κ1) is 8.10. The molecule has 0 aliphatic heterocycles. The summed E-state index contributed by atoms with van der Waals surface area (Å²) in [4.78, 5) is 0. The molecule has 13 heavy (non-hydrogen) atoms. The van der Waals surface area contributed by atoms with Gasteiger partial charge in [0.2, 0.25) is 0 Å². The molecule has 0 radical (unpaired) electrons. The average Bonchev–Trinajstić information content (AvgIpc) is 2.59. The molecule has 0 unspecified atom stereocenters. The fourth-order valence-electron chi connectivity index (χ4n) is 1.66. The van der Waals surface area contributed by atoms with E-state index < -0.39 is 0 Å². The first-order valence-corrected chi connectivity index (χ1v) is 4.23. The fraction of sp³-hybridized carbons (Fsp3) is 0.300. The van der Waals surface area contributed by atoms with Crippen LogP contribution in [0.4, 0.5) is 0 Å². The Labute approximate surface area is 76.6 Å².